The molecule has 1 aromatic rings. The Kier molecular flexibility index (Phi) is 6.15. The maximum absolute atomic E-state index is 13.1. The van der Waals surface area contributed by atoms with Crippen LogP contribution in [0.1, 0.15) is 40.5 Å². The summed E-state index contributed by atoms with van der Waals surface area (Å²) < 4.78 is 46.8. The van der Waals surface area contributed by atoms with Crippen LogP contribution >= 0.6 is 0 Å². The van der Waals surface area contributed by atoms with Gasteiger partial charge in [0.2, 0.25) is 5.91 Å². The van der Waals surface area contributed by atoms with E-state index in [-0.39, 0.29) is 23.2 Å². The van der Waals surface area contributed by atoms with Crippen LogP contribution in [0.2, 0.25) is 0 Å². The van der Waals surface area contributed by atoms with Crippen molar-refractivity contribution in [3.8, 4) is 0 Å². The molecule has 184 valence electrons. The molecule has 2 N–H and O–H groups in total. The second kappa shape index (κ2) is 8.54. The maximum atomic E-state index is 13.1. The van der Waals surface area contributed by atoms with Gasteiger partial charge in [-0.2, -0.15) is 8.42 Å². The van der Waals surface area contributed by atoms with Gasteiger partial charge in [-0.05, 0) is 58.1 Å². The van der Waals surface area contributed by atoms with Gasteiger partial charge in [-0.1, -0.05) is 6.07 Å². The second-order valence-electron chi connectivity index (χ2n) is 9.51. The summed E-state index contributed by atoms with van der Waals surface area (Å²) in [5, 5.41) is 5.44. The first-order valence-electron chi connectivity index (χ1n) is 11.1. The minimum atomic E-state index is -4.03. The summed E-state index contributed by atoms with van der Waals surface area (Å²) in [6, 6.07) is 4.38. The molecule has 1 aromatic carbocycles. The molecular formula is C21H29BN4O7S. The minimum Gasteiger partial charge on any atom is -0.453 e. The van der Waals surface area contributed by atoms with Gasteiger partial charge >= 0.3 is 13.2 Å². The van der Waals surface area contributed by atoms with Crippen LogP contribution < -0.4 is 16.1 Å². The zero-order valence-corrected chi connectivity index (χ0v) is 20.7. The van der Waals surface area contributed by atoms with Crippen molar-refractivity contribution in [2.24, 2.45) is 4.40 Å². The summed E-state index contributed by atoms with van der Waals surface area (Å²) in [4.78, 5) is 25.4. The van der Waals surface area contributed by atoms with Crippen LogP contribution in [0.15, 0.2) is 27.5 Å². The fourth-order valence-electron chi connectivity index (χ4n) is 4.14. The van der Waals surface area contributed by atoms with Gasteiger partial charge in [0, 0.05) is 6.54 Å². The molecule has 0 aliphatic carbocycles. The summed E-state index contributed by atoms with van der Waals surface area (Å²) in [5.74, 6) is -0.170. The van der Waals surface area contributed by atoms with E-state index in [1.54, 1.807) is 12.1 Å². The molecule has 2 amide bonds. The molecule has 0 saturated carbocycles. The molecule has 0 radical (unpaired) electrons. The average Bonchev–Trinajstić information content (AvgIpc) is 3.33. The highest BCUT2D eigenvalue weighted by Crippen LogP contribution is 2.37. The number of rotatable bonds is 4. The Morgan fingerprint density at radius 3 is 2.59 bits per heavy atom. The summed E-state index contributed by atoms with van der Waals surface area (Å²) in [6.07, 6.45) is 0.516. The van der Waals surface area contributed by atoms with Crippen LogP contribution in [-0.2, 0) is 28.9 Å². The lowest BCUT2D eigenvalue weighted by atomic mass is 9.79. The standard InChI is InChI=1S/C21H29BN4O7S/c1-20(2)21(3,4)33-22(32-20)13-8-9-14-16(11-13)34(29,30)25-18(24-14)15-7-6-10-26(15)17(27)12-23-19(28)31-5/h8-9,11,15H,6-7,10,12H2,1-5H3,(H,23,28)(H,24,25). The summed E-state index contributed by atoms with van der Waals surface area (Å²) in [6.45, 7) is 7.88. The first-order chi connectivity index (χ1) is 15.8. The predicted octanol–water partition coefficient (Wildman–Crippen LogP) is 0.846. The third-order valence-corrected chi connectivity index (χ3v) is 8.08. The number of fused-ring (bicyclic) bond motifs is 1. The lowest BCUT2D eigenvalue weighted by molar-refractivity contribution is -0.129. The number of likely N-dealkylation sites (tertiary alicyclic amines) is 1. The number of amides is 2. The van der Waals surface area contributed by atoms with E-state index in [1.165, 1.54) is 18.1 Å². The van der Waals surface area contributed by atoms with Gasteiger partial charge in [0.1, 0.15) is 17.3 Å². The van der Waals surface area contributed by atoms with E-state index in [0.717, 1.165) is 0 Å². The number of sulfonamides is 1. The van der Waals surface area contributed by atoms with E-state index in [1.807, 2.05) is 27.7 Å². The average molecular weight is 492 g/mol. The first kappa shape index (κ1) is 24.5. The fourth-order valence-corrected chi connectivity index (χ4v) is 5.34. The van der Waals surface area contributed by atoms with Gasteiger partial charge in [0.15, 0.2) is 0 Å². The number of hydrogen-bond donors (Lipinski definition) is 2. The Bertz CT molecular complexity index is 1140. The quantitative estimate of drug-likeness (QED) is 0.591. The molecule has 2 saturated heterocycles. The molecule has 34 heavy (non-hydrogen) atoms. The van der Waals surface area contributed by atoms with Crippen LogP contribution in [-0.4, -0.2) is 75.7 Å². The lowest BCUT2D eigenvalue weighted by Gasteiger charge is -2.32. The molecule has 1 atom stereocenters. The van der Waals surface area contributed by atoms with Crippen LogP contribution in [0.3, 0.4) is 0 Å². The molecule has 2 fully saturated rings. The number of carbonyl (C=O) groups is 2. The van der Waals surface area contributed by atoms with E-state index in [4.69, 9.17) is 9.31 Å². The van der Waals surface area contributed by atoms with Gasteiger partial charge in [0.05, 0.1) is 30.0 Å². The van der Waals surface area contributed by atoms with E-state index in [2.05, 4.69) is 19.8 Å². The van der Waals surface area contributed by atoms with Crippen molar-refractivity contribution < 1.29 is 32.1 Å². The molecular weight excluding hydrogens is 463 g/mol. The number of benzene rings is 1. The number of carbonyl (C=O) groups excluding carboxylic acids is 2. The van der Waals surface area contributed by atoms with Crippen LogP contribution in [0.5, 0.6) is 0 Å². The van der Waals surface area contributed by atoms with Gasteiger partial charge in [0.25, 0.3) is 10.0 Å². The summed E-state index contributed by atoms with van der Waals surface area (Å²) >= 11 is 0. The van der Waals surface area contributed by atoms with Gasteiger partial charge in [-0.3, -0.25) is 4.79 Å². The van der Waals surface area contributed by atoms with Gasteiger partial charge < -0.3 is 29.6 Å². The van der Waals surface area contributed by atoms with Crippen molar-refractivity contribution in [2.75, 3.05) is 25.5 Å². The number of nitrogens with one attached hydrogen (secondary N) is 2. The second-order valence-corrected chi connectivity index (χ2v) is 11.1. The van der Waals surface area contributed by atoms with E-state index < -0.39 is 40.5 Å². The normalized spacial score (nSPS) is 24.1. The van der Waals surface area contributed by atoms with Crippen molar-refractivity contribution in [1.82, 2.24) is 10.2 Å². The SMILES string of the molecule is COC(=O)NCC(=O)N1CCCC1C1=NS(=O)(=O)c2cc(B3OC(C)(C)C(C)(C)O3)ccc2N1. The summed E-state index contributed by atoms with van der Waals surface area (Å²) in [7, 11) is -3.53. The smallest absolute Gasteiger partial charge is 0.453 e. The molecule has 0 spiro atoms. The van der Waals surface area contributed by atoms with E-state index in [9.17, 15) is 18.0 Å². The highest BCUT2D eigenvalue weighted by molar-refractivity contribution is 7.90. The zero-order chi connectivity index (χ0) is 24.9. The third-order valence-electron chi connectivity index (χ3n) is 6.75. The van der Waals surface area contributed by atoms with Crippen molar-refractivity contribution in [3.63, 3.8) is 0 Å². The molecule has 0 bridgehead atoms. The number of ether oxygens (including phenoxy) is 1. The number of hydrogen-bond acceptors (Lipinski definition) is 8. The number of nitrogens with zero attached hydrogens (tertiary/aromatic N) is 2. The maximum Gasteiger partial charge on any atom is 0.494 e. The Morgan fingerprint density at radius 2 is 1.94 bits per heavy atom. The minimum absolute atomic E-state index is 0.0201. The summed E-state index contributed by atoms with van der Waals surface area (Å²) in [5.41, 5.74) is -0.167. The highest BCUT2D eigenvalue weighted by atomic mass is 32.2. The number of methoxy groups -OCH3 is 1. The third kappa shape index (κ3) is 4.39. The van der Waals surface area contributed by atoms with Crippen molar-refractivity contribution in [3.05, 3.63) is 18.2 Å². The predicted molar refractivity (Wildman–Crippen MR) is 126 cm³/mol. The van der Waals surface area contributed by atoms with Crippen LogP contribution in [0, 0.1) is 0 Å². The zero-order valence-electron chi connectivity index (χ0n) is 19.9. The van der Waals surface area contributed by atoms with Gasteiger partial charge in [-0.25, -0.2) is 4.79 Å². The number of amidine groups is 1. The molecule has 3 heterocycles. The van der Waals surface area contributed by atoms with Crippen LogP contribution in [0.25, 0.3) is 0 Å². The molecule has 11 nitrogen and oxygen atoms in total. The molecule has 1 unspecified atom stereocenters. The highest BCUT2D eigenvalue weighted by Gasteiger charge is 2.52. The van der Waals surface area contributed by atoms with Crippen LogP contribution in [0.4, 0.5) is 10.5 Å². The molecule has 4 rings (SSSR count). The Morgan fingerprint density at radius 1 is 1.26 bits per heavy atom. The number of anilines is 1. The molecule has 13 heteroatoms. The van der Waals surface area contributed by atoms with Crippen molar-refractivity contribution >= 4 is 46.1 Å². The Hall–Kier alpha value is -2.64. The van der Waals surface area contributed by atoms with Crippen molar-refractivity contribution in [2.45, 2.75) is 62.7 Å². The number of alkyl carbamates (subject to hydrolysis) is 1. The monoisotopic (exact) mass is 492 g/mol. The van der Waals surface area contributed by atoms with Crippen molar-refractivity contribution in [1.29, 1.82) is 0 Å². The molecule has 3 aliphatic heterocycles. The largest absolute Gasteiger partial charge is 0.494 e. The van der Waals surface area contributed by atoms with Gasteiger partial charge in [-0.15, -0.1) is 4.40 Å². The van der Waals surface area contributed by atoms with E-state index >= 15 is 0 Å². The fraction of sp³-hybridized carbons (Fsp3) is 0.571. The van der Waals surface area contributed by atoms with E-state index in [0.29, 0.717) is 30.5 Å². The molecule has 3 aliphatic rings. The lowest BCUT2D eigenvalue weighted by Crippen LogP contribution is -2.48. The first-order valence-corrected chi connectivity index (χ1v) is 12.5. The molecule has 0 aromatic heterocycles. The Balaban J connectivity index is 1.56. The Labute approximate surface area is 199 Å². The topological polar surface area (TPSA) is 136 Å².